The molecule has 0 aromatic heterocycles. The Labute approximate surface area is 213 Å². The summed E-state index contributed by atoms with van der Waals surface area (Å²) in [6.07, 6.45) is 0. The fourth-order valence-corrected chi connectivity index (χ4v) is 5.30. The van der Waals surface area contributed by atoms with Crippen molar-refractivity contribution in [3.63, 3.8) is 0 Å². The molecule has 3 aromatic carbocycles. The van der Waals surface area contributed by atoms with E-state index in [4.69, 9.17) is 0 Å². The molecule has 3 aromatic rings. The van der Waals surface area contributed by atoms with Gasteiger partial charge >= 0.3 is 12.0 Å². The maximum Gasteiger partial charge on any atom is 0.327 e. The van der Waals surface area contributed by atoms with E-state index in [0.29, 0.717) is 16.9 Å². The molecule has 0 aliphatic carbocycles. The monoisotopic (exact) mass is 498 g/mol. The van der Waals surface area contributed by atoms with Crippen molar-refractivity contribution < 1.29 is 24.3 Å². The third-order valence-electron chi connectivity index (χ3n) is 6.96. The van der Waals surface area contributed by atoms with Crippen molar-refractivity contribution in [3.8, 4) is 0 Å². The van der Waals surface area contributed by atoms with Gasteiger partial charge in [0.15, 0.2) is 0 Å². The molecule has 2 N–H and O–H groups in total. The summed E-state index contributed by atoms with van der Waals surface area (Å²) < 4.78 is 0. The lowest BCUT2D eigenvalue weighted by atomic mass is 9.86. The maximum atomic E-state index is 13.8. The number of carboxylic acids is 1. The zero-order valence-electron chi connectivity index (χ0n) is 20.3. The zero-order chi connectivity index (χ0) is 26.3. The van der Waals surface area contributed by atoms with Crippen LogP contribution < -0.4 is 15.1 Å². The Morgan fingerprint density at radius 3 is 1.95 bits per heavy atom. The zero-order valence-corrected chi connectivity index (χ0v) is 20.3. The molecule has 9 heteroatoms. The average Bonchev–Trinajstić information content (AvgIpc) is 3.38. The molecule has 2 aliphatic heterocycles. The molecule has 5 rings (SSSR count). The highest BCUT2D eigenvalue weighted by Crippen LogP contribution is 2.51. The van der Waals surface area contributed by atoms with Gasteiger partial charge in [0.25, 0.3) is 0 Å². The lowest BCUT2D eigenvalue weighted by Crippen LogP contribution is -2.49. The predicted octanol–water partition coefficient (Wildman–Crippen LogP) is 3.60. The van der Waals surface area contributed by atoms with Gasteiger partial charge in [-0.1, -0.05) is 48.5 Å². The number of urea groups is 1. The van der Waals surface area contributed by atoms with Crippen LogP contribution in [0.1, 0.15) is 11.6 Å². The van der Waals surface area contributed by atoms with Crippen LogP contribution in [0.15, 0.2) is 84.9 Å². The second-order valence-corrected chi connectivity index (χ2v) is 9.32. The lowest BCUT2D eigenvalue weighted by Gasteiger charge is -2.32. The van der Waals surface area contributed by atoms with Crippen LogP contribution >= 0.6 is 0 Å². The first-order chi connectivity index (χ1) is 17.8. The highest BCUT2D eigenvalue weighted by molar-refractivity contribution is 6.24. The van der Waals surface area contributed by atoms with Crippen molar-refractivity contribution in [2.24, 2.45) is 11.8 Å². The third-order valence-corrected chi connectivity index (χ3v) is 6.96. The van der Waals surface area contributed by atoms with E-state index in [1.807, 2.05) is 31.1 Å². The van der Waals surface area contributed by atoms with Gasteiger partial charge in [-0.05, 0) is 42.0 Å². The highest BCUT2D eigenvalue weighted by atomic mass is 16.4. The number of amides is 4. The van der Waals surface area contributed by atoms with Crippen LogP contribution in [0.5, 0.6) is 0 Å². The smallest absolute Gasteiger partial charge is 0.327 e. The van der Waals surface area contributed by atoms with Gasteiger partial charge in [0.1, 0.15) is 6.04 Å². The number of likely N-dealkylation sites (tertiary alicyclic amines) is 1. The largest absolute Gasteiger partial charge is 0.480 e. The van der Waals surface area contributed by atoms with Crippen LogP contribution in [0, 0.1) is 11.8 Å². The molecule has 0 spiro atoms. The van der Waals surface area contributed by atoms with E-state index < -0.39 is 47.7 Å². The number of para-hydroxylation sites is 2. The van der Waals surface area contributed by atoms with Crippen LogP contribution in [-0.2, 0) is 14.4 Å². The van der Waals surface area contributed by atoms with Gasteiger partial charge in [0.05, 0.1) is 23.6 Å². The summed E-state index contributed by atoms with van der Waals surface area (Å²) in [4.78, 5) is 57.7. The first-order valence-electron chi connectivity index (χ1n) is 11.9. The topological polar surface area (TPSA) is 110 Å². The minimum atomic E-state index is -1.53. The number of hydrogen-bond donors (Lipinski definition) is 2. The first kappa shape index (κ1) is 24.1. The Bertz CT molecular complexity index is 1340. The highest BCUT2D eigenvalue weighted by Gasteiger charge is 2.66. The molecule has 2 aliphatic rings. The van der Waals surface area contributed by atoms with Gasteiger partial charge in [-0.25, -0.2) is 14.5 Å². The van der Waals surface area contributed by atoms with E-state index in [2.05, 4.69) is 5.32 Å². The van der Waals surface area contributed by atoms with Crippen molar-refractivity contribution >= 4 is 40.9 Å². The van der Waals surface area contributed by atoms with Crippen LogP contribution in [0.4, 0.5) is 21.9 Å². The fraction of sp³-hybridized carbons (Fsp3) is 0.214. The molecule has 4 atom stereocenters. The third kappa shape index (κ3) is 4.08. The predicted molar refractivity (Wildman–Crippen MR) is 138 cm³/mol. The second-order valence-electron chi connectivity index (χ2n) is 9.32. The standard InChI is InChI=1S/C28H26N4O5/c1-30(2)19-15-13-17(14-16-19)23-21-22(26(34)31(25(21)33)20-11-7-4-8-12-20)24(27(35)36)32(23)28(37)29-18-9-5-3-6-10-18/h3-16,21-24H,1-2H3,(H,29,37)(H,35,36). The number of hydrogen-bond acceptors (Lipinski definition) is 5. The molecular weight excluding hydrogens is 472 g/mol. The van der Waals surface area contributed by atoms with E-state index in [1.165, 1.54) is 0 Å². The van der Waals surface area contributed by atoms with Crippen molar-refractivity contribution in [2.75, 3.05) is 29.2 Å². The van der Waals surface area contributed by atoms with Crippen molar-refractivity contribution in [3.05, 3.63) is 90.5 Å². The molecular formula is C28H26N4O5. The summed E-state index contributed by atoms with van der Waals surface area (Å²) in [5.41, 5.74) is 2.31. The molecule has 4 amide bonds. The number of carbonyl (C=O) groups excluding carboxylic acids is 3. The lowest BCUT2D eigenvalue weighted by molar-refractivity contribution is -0.144. The minimum absolute atomic E-state index is 0.373. The number of nitrogens with one attached hydrogen (secondary N) is 1. The summed E-state index contributed by atoms with van der Waals surface area (Å²) >= 11 is 0. The van der Waals surface area contributed by atoms with E-state index in [-0.39, 0.29) is 0 Å². The second kappa shape index (κ2) is 9.42. The number of nitrogens with zero attached hydrogens (tertiary/aromatic N) is 3. The van der Waals surface area contributed by atoms with E-state index in [0.717, 1.165) is 15.5 Å². The van der Waals surface area contributed by atoms with Crippen LogP contribution in [0.3, 0.4) is 0 Å². The molecule has 9 nitrogen and oxygen atoms in total. The van der Waals surface area contributed by atoms with E-state index in [1.54, 1.807) is 72.8 Å². The SMILES string of the molecule is CN(C)c1ccc(C2C3C(=O)N(c4ccccc4)C(=O)C3C(C(=O)O)N2C(=O)Nc2ccccc2)cc1. The summed E-state index contributed by atoms with van der Waals surface area (Å²) in [5, 5.41) is 13.0. The van der Waals surface area contributed by atoms with Crippen LogP contribution in [0.25, 0.3) is 0 Å². The molecule has 4 unspecified atom stereocenters. The van der Waals surface area contributed by atoms with Crippen LogP contribution in [-0.4, -0.2) is 54.0 Å². The summed E-state index contributed by atoms with van der Waals surface area (Å²) in [7, 11) is 3.77. The minimum Gasteiger partial charge on any atom is -0.480 e. The van der Waals surface area contributed by atoms with Gasteiger partial charge < -0.3 is 20.2 Å². The van der Waals surface area contributed by atoms with Crippen LogP contribution in [0.2, 0.25) is 0 Å². The normalized spacial score (nSPS) is 22.6. The quantitative estimate of drug-likeness (QED) is 0.520. The number of carboxylic acid groups (broad SMARTS) is 1. The van der Waals surface area contributed by atoms with Gasteiger partial charge in [0.2, 0.25) is 11.8 Å². The van der Waals surface area contributed by atoms with Gasteiger partial charge in [-0.2, -0.15) is 0 Å². The Balaban J connectivity index is 1.62. The molecule has 2 heterocycles. The molecule has 188 valence electrons. The molecule has 2 fully saturated rings. The number of carbonyl (C=O) groups is 4. The summed E-state index contributed by atoms with van der Waals surface area (Å²) in [6.45, 7) is 0. The van der Waals surface area contributed by atoms with E-state index in [9.17, 15) is 24.3 Å². The maximum absolute atomic E-state index is 13.8. The summed E-state index contributed by atoms with van der Waals surface area (Å²) in [6, 6.07) is 21.1. The first-order valence-corrected chi connectivity index (χ1v) is 11.9. The number of anilines is 3. The fourth-order valence-electron chi connectivity index (χ4n) is 5.30. The Morgan fingerprint density at radius 2 is 1.38 bits per heavy atom. The number of benzene rings is 3. The molecule has 0 saturated carbocycles. The van der Waals surface area contributed by atoms with E-state index >= 15 is 0 Å². The van der Waals surface area contributed by atoms with Crippen molar-refractivity contribution in [1.82, 2.24) is 4.90 Å². The molecule has 37 heavy (non-hydrogen) atoms. The van der Waals surface area contributed by atoms with Gasteiger partial charge in [0, 0.05) is 25.5 Å². The van der Waals surface area contributed by atoms with Gasteiger partial charge in [-0.15, -0.1) is 0 Å². The number of rotatable bonds is 5. The Kier molecular flexibility index (Phi) is 6.12. The van der Waals surface area contributed by atoms with Crippen molar-refractivity contribution in [1.29, 1.82) is 0 Å². The van der Waals surface area contributed by atoms with Gasteiger partial charge in [-0.3, -0.25) is 9.59 Å². The Hall–Kier alpha value is -4.66. The number of imide groups is 1. The number of aliphatic carboxylic acids is 1. The molecule has 0 bridgehead atoms. The average molecular weight is 499 g/mol. The number of fused-ring (bicyclic) bond motifs is 1. The summed E-state index contributed by atoms with van der Waals surface area (Å²) in [5.74, 6) is -4.78. The Morgan fingerprint density at radius 1 is 0.811 bits per heavy atom. The molecule has 2 saturated heterocycles. The molecule has 0 radical (unpaired) electrons. The van der Waals surface area contributed by atoms with Crippen molar-refractivity contribution in [2.45, 2.75) is 12.1 Å².